The Morgan fingerprint density at radius 1 is 1.35 bits per heavy atom. The molecule has 0 radical (unpaired) electrons. The maximum absolute atomic E-state index is 4.60. The number of aromatic nitrogens is 2. The van der Waals surface area contributed by atoms with Crippen LogP contribution in [0.25, 0.3) is 5.69 Å². The van der Waals surface area contributed by atoms with Crippen LogP contribution in [0.3, 0.4) is 0 Å². The van der Waals surface area contributed by atoms with E-state index < -0.39 is 0 Å². The number of hydrogen-bond acceptors (Lipinski definition) is 2. The molecule has 0 saturated carbocycles. The molecule has 90 valence electrons. The normalized spacial score (nSPS) is 10.8. The Bertz CT molecular complexity index is 531. The molecule has 1 aromatic carbocycles. The fraction of sp³-hybridized carbons (Fsp3) is 0.308. The molecule has 0 unspecified atom stereocenters. The zero-order valence-corrected chi connectivity index (χ0v) is 11.9. The average molecular weight is 294 g/mol. The van der Waals surface area contributed by atoms with Gasteiger partial charge in [0.2, 0.25) is 0 Å². The Labute approximate surface area is 110 Å². The molecule has 2 aromatic rings. The van der Waals surface area contributed by atoms with Gasteiger partial charge in [-0.3, -0.25) is 0 Å². The topological polar surface area (TPSA) is 29.9 Å². The van der Waals surface area contributed by atoms with Crippen molar-refractivity contribution in [3.63, 3.8) is 0 Å². The second kappa shape index (κ2) is 5.02. The summed E-state index contributed by atoms with van der Waals surface area (Å²) in [5.74, 6) is 0. The van der Waals surface area contributed by atoms with Crippen LogP contribution in [0.15, 0.2) is 28.7 Å². The molecule has 0 fully saturated rings. The van der Waals surface area contributed by atoms with Crippen molar-refractivity contribution < 1.29 is 0 Å². The first-order valence-corrected chi connectivity index (χ1v) is 6.38. The summed E-state index contributed by atoms with van der Waals surface area (Å²) >= 11 is 3.49. The van der Waals surface area contributed by atoms with Gasteiger partial charge in [0, 0.05) is 22.3 Å². The van der Waals surface area contributed by atoms with Crippen molar-refractivity contribution in [1.82, 2.24) is 15.1 Å². The minimum Gasteiger partial charge on any atom is -0.316 e. The summed E-state index contributed by atoms with van der Waals surface area (Å²) in [4.78, 5) is 0. The lowest BCUT2D eigenvalue weighted by Crippen LogP contribution is -2.07. The van der Waals surface area contributed by atoms with Gasteiger partial charge in [-0.1, -0.05) is 22.0 Å². The molecule has 0 aliphatic heterocycles. The number of halogens is 1. The first kappa shape index (κ1) is 12.3. The quantitative estimate of drug-likeness (QED) is 0.943. The molecule has 0 aliphatic carbocycles. The Hall–Kier alpha value is -1.13. The molecule has 0 atom stereocenters. The second-order valence-corrected chi connectivity index (χ2v) is 4.99. The Morgan fingerprint density at radius 2 is 2.12 bits per heavy atom. The van der Waals surface area contributed by atoms with Crippen LogP contribution in [-0.2, 0) is 6.54 Å². The van der Waals surface area contributed by atoms with Gasteiger partial charge in [0.05, 0.1) is 11.4 Å². The monoisotopic (exact) mass is 293 g/mol. The van der Waals surface area contributed by atoms with Gasteiger partial charge in [-0.05, 0) is 39.1 Å². The van der Waals surface area contributed by atoms with Crippen molar-refractivity contribution in [3.8, 4) is 5.69 Å². The van der Waals surface area contributed by atoms with E-state index in [9.17, 15) is 0 Å². The van der Waals surface area contributed by atoms with Crippen molar-refractivity contribution in [2.75, 3.05) is 7.05 Å². The van der Waals surface area contributed by atoms with Gasteiger partial charge >= 0.3 is 0 Å². The number of benzene rings is 1. The molecule has 0 spiro atoms. The molecule has 0 amide bonds. The predicted octanol–water partition coefficient (Wildman–Crippen LogP) is 2.97. The van der Waals surface area contributed by atoms with E-state index in [1.807, 2.05) is 30.8 Å². The molecule has 4 heteroatoms. The second-order valence-electron chi connectivity index (χ2n) is 4.07. The van der Waals surface area contributed by atoms with Gasteiger partial charge < -0.3 is 5.32 Å². The maximum atomic E-state index is 4.60. The SMILES string of the molecule is CNCc1c(C)nn(-c2cccc(Br)c2)c1C. The van der Waals surface area contributed by atoms with E-state index in [-0.39, 0.29) is 0 Å². The predicted molar refractivity (Wildman–Crippen MR) is 73.5 cm³/mol. The molecular formula is C13H16BrN3. The van der Waals surface area contributed by atoms with E-state index >= 15 is 0 Å². The smallest absolute Gasteiger partial charge is 0.0660 e. The summed E-state index contributed by atoms with van der Waals surface area (Å²) < 4.78 is 3.06. The van der Waals surface area contributed by atoms with Crippen LogP contribution in [0.5, 0.6) is 0 Å². The highest BCUT2D eigenvalue weighted by Crippen LogP contribution is 2.20. The largest absolute Gasteiger partial charge is 0.316 e. The highest BCUT2D eigenvalue weighted by molar-refractivity contribution is 9.10. The third kappa shape index (κ3) is 2.42. The molecule has 2 rings (SSSR count). The van der Waals surface area contributed by atoms with Gasteiger partial charge in [0.1, 0.15) is 0 Å². The summed E-state index contributed by atoms with van der Waals surface area (Å²) in [5, 5.41) is 7.78. The zero-order valence-electron chi connectivity index (χ0n) is 10.3. The van der Waals surface area contributed by atoms with E-state index in [1.54, 1.807) is 0 Å². The standard InChI is InChI=1S/C13H16BrN3/c1-9-13(8-15-3)10(2)17(16-9)12-6-4-5-11(14)7-12/h4-7,15H,8H2,1-3H3. The number of rotatable bonds is 3. The molecule has 1 heterocycles. The molecular weight excluding hydrogens is 278 g/mol. The van der Waals surface area contributed by atoms with E-state index in [1.165, 1.54) is 11.3 Å². The van der Waals surface area contributed by atoms with Crippen molar-refractivity contribution in [3.05, 3.63) is 45.7 Å². The third-order valence-electron chi connectivity index (χ3n) is 2.85. The lowest BCUT2D eigenvalue weighted by molar-refractivity contribution is 0.801. The van der Waals surface area contributed by atoms with Gasteiger partial charge in [0.15, 0.2) is 0 Å². The summed E-state index contributed by atoms with van der Waals surface area (Å²) in [7, 11) is 1.95. The van der Waals surface area contributed by atoms with Crippen molar-refractivity contribution in [1.29, 1.82) is 0 Å². The van der Waals surface area contributed by atoms with E-state index in [2.05, 4.69) is 45.4 Å². The van der Waals surface area contributed by atoms with Crippen LogP contribution in [0.1, 0.15) is 17.0 Å². The Balaban J connectivity index is 2.50. The summed E-state index contributed by atoms with van der Waals surface area (Å²) in [5.41, 5.74) is 4.63. The maximum Gasteiger partial charge on any atom is 0.0660 e. The first-order chi connectivity index (χ1) is 8.13. The average Bonchev–Trinajstić information content (AvgIpc) is 2.57. The Morgan fingerprint density at radius 3 is 2.76 bits per heavy atom. The molecule has 3 nitrogen and oxygen atoms in total. The van der Waals surface area contributed by atoms with Gasteiger partial charge in [0.25, 0.3) is 0 Å². The first-order valence-electron chi connectivity index (χ1n) is 5.59. The minimum absolute atomic E-state index is 0.853. The van der Waals surface area contributed by atoms with Gasteiger partial charge in [-0.15, -0.1) is 0 Å². The van der Waals surface area contributed by atoms with Crippen molar-refractivity contribution in [2.45, 2.75) is 20.4 Å². The molecule has 1 aromatic heterocycles. The molecule has 0 saturated heterocycles. The van der Waals surface area contributed by atoms with Crippen molar-refractivity contribution in [2.24, 2.45) is 0 Å². The fourth-order valence-corrected chi connectivity index (χ4v) is 2.35. The zero-order chi connectivity index (χ0) is 12.4. The number of aryl methyl sites for hydroxylation is 1. The molecule has 0 bridgehead atoms. The number of nitrogens with zero attached hydrogens (tertiary/aromatic N) is 2. The number of nitrogens with one attached hydrogen (secondary N) is 1. The lowest BCUT2D eigenvalue weighted by atomic mass is 10.2. The van der Waals surface area contributed by atoms with Crippen LogP contribution < -0.4 is 5.32 Å². The summed E-state index contributed by atoms with van der Waals surface area (Å²) in [6.45, 7) is 5.01. The summed E-state index contributed by atoms with van der Waals surface area (Å²) in [6, 6.07) is 8.17. The number of hydrogen-bond donors (Lipinski definition) is 1. The highest BCUT2D eigenvalue weighted by Gasteiger charge is 2.11. The van der Waals surface area contributed by atoms with Crippen LogP contribution in [0, 0.1) is 13.8 Å². The molecule has 1 N–H and O–H groups in total. The lowest BCUT2D eigenvalue weighted by Gasteiger charge is -2.05. The molecule has 17 heavy (non-hydrogen) atoms. The summed E-state index contributed by atoms with van der Waals surface area (Å²) in [6.07, 6.45) is 0. The van der Waals surface area contributed by atoms with E-state index in [0.717, 1.165) is 22.4 Å². The fourth-order valence-electron chi connectivity index (χ4n) is 1.97. The van der Waals surface area contributed by atoms with Crippen LogP contribution in [-0.4, -0.2) is 16.8 Å². The van der Waals surface area contributed by atoms with E-state index in [0.29, 0.717) is 0 Å². The van der Waals surface area contributed by atoms with Crippen molar-refractivity contribution >= 4 is 15.9 Å². The van der Waals surface area contributed by atoms with Crippen LogP contribution in [0.4, 0.5) is 0 Å². The molecule has 0 aliphatic rings. The van der Waals surface area contributed by atoms with Crippen LogP contribution >= 0.6 is 15.9 Å². The van der Waals surface area contributed by atoms with E-state index in [4.69, 9.17) is 0 Å². The third-order valence-corrected chi connectivity index (χ3v) is 3.34. The van der Waals surface area contributed by atoms with Gasteiger partial charge in [-0.2, -0.15) is 5.10 Å². The van der Waals surface area contributed by atoms with Crippen LogP contribution in [0.2, 0.25) is 0 Å². The highest BCUT2D eigenvalue weighted by atomic mass is 79.9. The minimum atomic E-state index is 0.853. The Kier molecular flexibility index (Phi) is 3.64. The van der Waals surface area contributed by atoms with Gasteiger partial charge in [-0.25, -0.2) is 4.68 Å².